The standard InChI is InChI=1S/C13H16N2S/c1-9-6-12-13(7-10(9)2)16-8-11(15-12)4-3-5-14/h6-7,11,15H,3-4,8H2,1-2H3. The number of rotatable bonds is 2. The molecule has 1 atom stereocenters. The first-order valence-corrected chi connectivity index (χ1v) is 6.57. The van der Waals surface area contributed by atoms with Gasteiger partial charge in [0.05, 0.1) is 6.07 Å². The minimum atomic E-state index is 0.444. The van der Waals surface area contributed by atoms with Crippen LogP contribution in [0.25, 0.3) is 0 Å². The molecule has 1 unspecified atom stereocenters. The zero-order valence-corrected chi connectivity index (χ0v) is 10.5. The highest BCUT2D eigenvalue weighted by molar-refractivity contribution is 7.99. The van der Waals surface area contributed by atoms with E-state index in [2.05, 4.69) is 37.4 Å². The first kappa shape index (κ1) is 11.3. The molecule has 0 radical (unpaired) electrons. The second kappa shape index (κ2) is 4.80. The van der Waals surface area contributed by atoms with Crippen LogP contribution in [0.4, 0.5) is 5.69 Å². The van der Waals surface area contributed by atoms with Gasteiger partial charge in [-0.15, -0.1) is 11.8 Å². The van der Waals surface area contributed by atoms with Crippen LogP contribution in [-0.4, -0.2) is 11.8 Å². The zero-order valence-electron chi connectivity index (χ0n) is 9.71. The maximum Gasteiger partial charge on any atom is 0.0622 e. The minimum Gasteiger partial charge on any atom is -0.381 e. The van der Waals surface area contributed by atoms with Crippen molar-refractivity contribution in [3.8, 4) is 6.07 Å². The highest BCUT2D eigenvalue weighted by atomic mass is 32.2. The molecule has 1 aliphatic rings. The lowest BCUT2D eigenvalue weighted by atomic mass is 10.1. The van der Waals surface area contributed by atoms with Crippen molar-refractivity contribution in [3.05, 3.63) is 23.3 Å². The first-order chi connectivity index (χ1) is 7.70. The van der Waals surface area contributed by atoms with E-state index in [1.165, 1.54) is 21.7 Å². The highest BCUT2D eigenvalue weighted by Crippen LogP contribution is 2.35. The van der Waals surface area contributed by atoms with Crippen LogP contribution in [0.5, 0.6) is 0 Å². The van der Waals surface area contributed by atoms with Crippen LogP contribution in [0.2, 0.25) is 0 Å². The van der Waals surface area contributed by atoms with Crippen molar-refractivity contribution in [2.75, 3.05) is 11.1 Å². The fourth-order valence-corrected chi connectivity index (χ4v) is 3.03. The van der Waals surface area contributed by atoms with Crippen molar-refractivity contribution >= 4 is 17.4 Å². The van der Waals surface area contributed by atoms with Crippen molar-refractivity contribution in [3.63, 3.8) is 0 Å². The average Bonchev–Trinajstić information content (AvgIpc) is 2.28. The van der Waals surface area contributed by atoms with Gasteiger partial charge in [0.1, 0.15) is 0 Å². The van der Waals surface area contributed by atoms with E-state index in [-0.39, 0.29) is 0 Å². The summed E-state index contributed by atoms with van der Waals surface area (Å²) >= 11 is 1.90. The third kappa shape index (κ3) is 2.33. The van der Waals surface area contributed by atoms with Crippen LogP contribution in [-0.2, 0) is 0 Å². The van der Waals surface area contributed by atoms with Crippen molar-refractivity contribution in [2.45, 2.75) is 37.6 Å². The van der Waals surface area contributed by atoms with Crippen molar-refractivity contribution in [2.24, 2.45) is 0 Å². The minimum absolute atomic E-state index is 0.444. The summed E-state index contributed by atoms with van der Waals surface area (Å²) in [6.07, 6.45) is 1.58. The van der Waals surface area contributed by atoms with Gasteiger partial charge in [0.2, 0.25) is 0 Å². The maximum absolute atomic E-state index is 8.59. The Balaban J connectivity index is 2.15. The van der Waals surface area contributed by atoms with Gasteiger partial charge >= 0.3 is 0 Å². The average molecular weight is 232 g/mol. The molecule has 0 spiro atoms. The van der Waals surface area contributed by atoms with Crippen LogP contribution in [0.1, 0.15) is 24.0 Å². The van der Waals surface area contributed by atoms with E-state index < -0.39 is 0 Å². The predicted octanol–water partition coefficient (Wildman–Crippen LogP) is 3.49. The largest absolute Gasteiger partial charge is 0.381 e. The molecule has 1 aromatic carbocycles. The number of nitriles is 1. The second-order valence-corrected chi connectivity index (χ2v) is 5.34. The molecule has 1 aliphatic heterocycles. The molecule has 16 heavy (non-hydrogen) atoms. The highest BCUT2D eigenvalue weighted by Gasteiger charge is 2.18. The number of thioether (sulfide) groups is 1. The Morgan fingerprint density at radius 2 is 2.19 bits per heavy atom. The van der Waals surface area contributed by atoms with Gasteiger partial charge in [-0.25, -0.2) is 0 Å². The molecular formula is C13H16N2S. The van der Waals surface area contributed by atoms with Crippen molar-refractivity contribution in [1.82, 2.24) is 0 Å². The number of nitrogens with zero attached hydrogens (tertiary/aromatic N) is 1. The number of benzene rings is 1. The van der Waals surface area contributed by atoms with Gasteiger partial charge in [0.15, 0.2) is 0 Å². The summed E-state index contributed by atoms with van der Waals surface area (Å²) in [4.78, 5) is 1.34. The summed E-state index contributed by atoms with van der Waals surface area (Å²) in [6, 6.07) is 7.13. The number of hydrogen-bond acceptors (Lipinski definition) is 3. The molecule has 1 heterocycles. The van der Waals surface area contributed by atoms with Crippen LogP contribution in [0.15, 0.2) is 17.0 Å². The van der Waals surface area contributed by atoms with E-state index in [0.29, 0.717) is 12.5 Å². The van der Waals surface area contributed by atoms with Gasteiger partial charge in [0.25, 0.3) is 0 Å². The Kier molecular flexibility index (Phi) is 3.40. The zero-order chi connectivity index (χ0) is 11.5. The molecule has 0 aromatic heterocycles. The Hall–Kier alpha value is -1.14. The summed E-state index contributed by atoms with van der Waals surface area (Å²) in [5, 5.41) is 12.1. The number of anilines is 1. The van der Waals surface area contributed by atoms with E-state index in [1.54, 1.807) is 0 Å². The van der Waals surface area contributed by atoms with Crippen LogP contribution in [0, 0.1) is 25.2 Å². The SMILES string of the molecule is Cc1cc2c(cc1C)SCC(CCC#N)N2. The van der Waals surface area contributed by atoms with E-state index in [4.69, 9.17) is 5.26 Å². The lowest BCUT2D eigenvalue weighted by Crippen LogP contribution is -2.25. The smallest absolute Gasteiger partial charge is 0.0622 e. The van der Waals surface area contributed by atoms with E-state index >= 15 is 0 Å². The molecule has 0 aliphatic carbocycles. The molecule has 3 heteroatoms. The lowest BCUT2D eigenvalue weighted by molar-refractivity contribution is 0.724. The topological polar surface area (TPSA) is 35.8 Å². The number of nitrogens with one attached hydrogen (secondary N) is 1. The van der Waals surface area contributed by atoms with Gasteiger partial charge < -0.3 is 5.32 Å². The molecule has 1 aromatic rings. The van der Waals surface area contributed by atoms with E-state index in [9.17, 15) is 0 Å². The van der Waals surface area contributed by atoms with Gasteiger partial charge in [-0.1, -0.05) is 0 Å². The molecule has 1 N–H and O–H groups in total. The van der Waals surface area contributed by atoms with E-state index in [1.807, 2.05) is 11.8 Å². The van der Waals surface area contributed by atoms with E-state index in [0.717, 1.165) is 12.2 Å². The third-order valence-corrected chi connectivity index (χ3v) is 4.22. The Morgan fingerprint density at radius 1 is 1.44 bits per heavy atom. The fraction of sp³-hybridized carbons (Fsp3) is 0.462. The molecule has 0 bridgehead atoms. The third-order valence-electron chi connectivity index (χ3n) is 3.00. The predicted molar refractivity (Wildman–Crippen MR) is 68.9 cm³/mol. The molecule has 84 valence electrons. The van der Waals surface area contributed by atoms with Crippen molar-refractivity contribution in [1.29, 1.82) is 5.26 Å². The van der Waals surface area contributed by atoms with Crippen LogP contribution in [0.3, 0.4) is 0 Å². The quantitative estimate of drug-likeness (QED) is 0.847. The van der Waals surface area contributed by atoms with Gasteiger partial charge in [-0.3, -0.25) is 0 Å². The molecule has 0 saturated carbocycles. The normalized spacial score (nSPS) is 18.4. The summed E-state index contributed by atoms with van der Waals surface area (Å²) in [7, 11) is 0. The molecule has 2 nitrogen and oxygen atoms in total. The molecule has 0 fully saturated rings. The fourth-order valence-electron chi connectivity index (χ4n) is 1.87. The molecular weight excluding hydrogens is 216 g/mol. The van der Waals surface area contributed by atoms with Gasteiger partial charge in [-0.05, 0) is 43.5 Å². The lowest BCUT2D eigenvalue weighted by Gasteiger charge is -2.26. The molecule has 0 saturated heterocycles. The van der Waals surface area contributed by atoms with Gasteiger partial charge in [-0.2, -0.15) is 5.26 Å². The Morgan fingerprint density at radius 3 is 2.94 bits per heavy atom. The van der Waals surface area contributed by atoms with Crippen LogP contribution >= 0.6 is 11.8 Å². The van der Waals surface area contributed by atoms with Crippen LogP contribution < -0.4 is 5.32 Å². The van der Waals surface area contributed by atoms with Gasteiger partial charge in [0, 0.05) is 28.8 Å². The number of aryl methyl sites for hydroxylation is 2. The maximum atomic E-state index is 8.59. The summed E-state index contributed by atoms with van der Waals surface area (Å²) in [5.41, 5.74) is 3.92. The molecule has 2 rings (SSSR count). The number of fused-ring (bicyclic) bond motifs is 1. The summed E-state index contributed by atoms with van der Waals surface area (Å²) < 4.78 is 0. The Bertz CT molecular complexity index is 434. The van der Waals surface area contributed by atoms with Crippen molar-refractivity contribution < 1.29 is 0 Å². The first-order valence-electron chi connectivity index (χ1n) is 5.58. The second-order valence-electron chi connectivity index (χ2n) is 4.28. The Labute approximate surface area is 101 Å². The summed E-state index contributed by atoms with van der Waals surface area (Å²) in [5.74, 6) is 1.07. The monoisotopic (exact) mass is 232 g/mol. The summed E-state index contributed by atoms with van der Waals surface area (Å²) in [6.45, 7) is 4.29. The number of hydrogen-bond donors (Lipinski definition) is 1. The molecule has 0 amide bonds.